The van der Waals surface area contributed by atoms with Crippen LogP contribution in [0.15, 0.2) is 18.5 Å². The van der Waals surface area contributed by atoms with Crippen LogP contribution in [0.3, 0.4) is 0 Å². The van der Waals surface area contributed by atoms with Crippen LogP contribution >= 0.6 is 0 Å². The van der Waals surface area contributed by atoms with Crippen molar-refractivity contribution in [2.45, 2.75) is 19.4 Å². The number of carbonyl (C=O) groups excluding carboxylic acids is 2. The smallest absolute Gasteiger partial charge is 0.247 e. The van der Waals surface area contributed by atoms with E-state index in [1.165, 1.54) is 0 Å². The zero-order valence-electron chi connectivity index (χ0n) is 9.80. The van der Waals surface area contributed by atoms with Gasteiger partial charge in [0.25, 0.3) is 0 Å². The van der Waals surface area contributed by atoms with Crippen LogP contribution in [0, 0.1) is 0 Å². The minimum absolute atomic E-state index is 0.0641. The molecule has 1 fully saturated rings. The van der Waals surface area contributed by atoms with Gasteiger partial charge in [0.1, 0.15) is 6.04 Å². The van der Waals surface area contributed by atoms with Gasteiger partial charge >= 0.3 is 0 Å². The number of carbonyl (C=O) groups is 2. The Morgan fingerprint density at radius 2 is 2.41 bits per heavy atom. The number of amides is 2. The highest BCUT2D eigenvalue weighted by Crippen LogP contribution is 2.09. The molecule has 6 nitrogen and oxygen atoms in total. The Balaban J connectivity index is 2.05. The van der Waals surface area contributed by atoms with Gasteiger partial charge in [0, 0.05) is 25.5 Å². The van der Waals surface area contributed by atoms with E-state index in [1.807, 2.05) is 0 Å². The van der Waals surface area contributed by atoms with E-state index >= 15 is 0 Å². The van der Waals surface area contributed by atoms with Gasteiger partial charge < -0.3 is 10.2 Å². The van der Waals surface area contributed by atoms with Gasteiger partial charge in [0.05, 0.1) is 6.54 Å². The summed E-state index contributed by atoms with van der Waals surface area (Å²) in [6.07, 6.45) is 4.18. The van der Waals surface area contributed by atoms with E-state index in [0.717, 1.165) is 6.42 Å². The van der Waals surface area contributed by atoms with Gasteiger partial charge in [-0.3, -0.25) is 14.3 Å². The molecule has 0 radical (unpaired) electrons. The lowest BCUT2D eigenvalue weighted by Crippen LogP contribution is -2.40. The van der Waals surface area contributed by atoms with Crippen LogP contribution in [0.5, 0.6) is 0 Å². The number of aromatic nitrogens is 2. The second-order valence-corrected chi connectivity index (χ2v) is 4.13. The number of hydrogen-bond donors (Lipinski definition) is 1. The van der Waals surface area contributed by atoms with Crippen LogP contribution in [0.1, 0.15) is 19.4 Å². The highest BCUT2D eigenvalue weighted by Gasteiger charge is 2.25. The number of nitrogens with zero attached hydrogens (tertiary/aromatic N) is 3. The summed E-state index contributed by atoms with van der Waals surface area (Å²) < 4.78 is 1.60. The molecule has 1 unspecified atom stereocenters. The Labute approximate surface area is 99.6 Å². The molecule has 0 aromatic carbocycles. The molecule has 2 amide bonds. The summed E-state index contributed by atoms with van der Waals surface area (Å²) in [5.74, 6) is -0.158. The maximum absolute atomic E-state index is 12.2. The van der Waals surface area contributed by atoms with Crippen LogP contribution in [0.4, 0.5) is 0 Å². The third-order valence-corrected chi connectivity index (χ3v) is 2.85. The van der Waals surface area contributed by atoms with Crippen LogP contribution < -0.4 is 5.32 Å². The summed E-state index contributed by atoms with van der Waals surface area (Å²) in [5.41, 5.74) is 0. The number of rotatable bonds is 2. The molecule has 0 aliphatic carbocycles. The van der Waals surface area contributed by atoms with Crippen LogP contribution in [-0.2, 0) is 9.59 Å². The third-order valence-electron chi connectivity index (χ3n) is 2.85. The van der Waals surface area contributed by atoms with Gasteiger partial charge in [-0.15, -0.1) is 0 Å². The first-order valence-electron chi connectivity index (χ1n) is 5.73. The number of nitrogens with one attached hydrogen (secondary N) is 1. The molecule has 92 valence electrons. The predicted octanol–water partition coefficient (Wildman–Crippen LogP) is -0.207. The first kappa shape index (κ1) is 11.6. The predicted molar refractivity (Wildman–Crippen MR) is 61.1 cm³/mol. The lowest BCUT2D eigenvalue weighted by molar-refractivity contribution is -0.137. The van der Waals surface area contributed by atoms with Crippen molar-refractivity contribution < 1.29 is 9.59 Å². The normalized spacial score (nSPS) is 18.4. The van der Waals surface area contributed by atoms with Crippen LogP contribution in [-0.4, -0.2) is 46.1 Å². The molecule has 1 N–H and O–H groups in total. The van der Waals surface area contributed by atoms with E-state index in [0.29, 0.717) is 13.1 Å². The summed E-state index contributed by atoms with van der Waals surface area (Å²) >= 11 is 0. The highest BCUT2D eigenvalue weighted by molar-refractivity contribution is 5.86. The maximum atomic E-state index is 12.2. The van der Waals surface area contributed by atoms with Crippen molar-refractivity contribution >= 4 is 11.8 Å². The van der Waals surface area contributed by atoms with Crippen molar-refractivity contribution in [3.05, 3.63) is 18.5 Å². The average Bonchev–Trinajstić information content (AvgIpc) is 2.77. The van der Waals surface area contributed by atoms with E-state index in [1.54, 1.807) is 35.0 Å². The Bertz CT molecular complexity index is 402. The van der Waals surface area contributed by atoms with Crippen LogP contribution in [0.2, 0.25) is 0 Å². The highest BCUT2D eigenvalue weighted by atomic mass is 16.2. The van der Waals surface area contributed by atoms with Crippen molar-refractivity contribution in [1.82, 2.24) is 20.0 Å². The summed E-state index contributed by atoms with van der Waals surface area (Å²) in [6.45, 7) is 3.19. The second kappa shape index (κ2) is 4.99. The largest absolute Gasteiger partial charge is 0.354 e. The van der Waals surface area contributed by atoms with Crippen LogP contribution in [0.25, 0.3) is 0 Å². The van der Waals surface area contributed by atoms with Gasteiger partial charge in [0.2, 0.25) is 11.8 Å². The van der Waals surface area contributed by atoms with Crippen molar-refractivity contribution in [1.29, 1.82) is 0 Å². The van der Waals surface area contributed by atoms with E-state index in [4.69, 9.17) is 0 Å². The lowest BCUT2D eigenvalue weighted by atomic mass is 10.2. The zero-order valence-corrected chi connectivity index (χ0v) is 9.80. The first-order valence-corrected chi connectivity index (χ1v) is 5.73. The summed E-state index contributed by atoms with van der Waals surface area (Å²) in [6, 6.07) is 1.41. The fraction of sp³-hybridized carbons (Fsp3) is 0.545. The molecule has 17 heavy (non-hydrogen) atoms. The molecule has 6 heteroatoms. The molecular formula is C11H16N4O2. The molecule has 1 aromatic rings. The summed E-state index contributed by atoms with van der Waals surface area (Å²) in [7, 11) is 0. The van der Waals surface area contributed by atoms with Crippen molar-refractivity contribution in [2.24, 2.45) is 0 Å². The molecular weight excluding hydrogens is 220 g/mol. The summed E-state index contributed by atoms with van der Waals surface area (Å²) in [5, 5.41) is 6.79. The molecule has 1 atom stereocenters. The third kappa shape index (κ3) is 2.64. The molecule has 1 aliphatic heterocycles. The zero-order chi connectivity index (χ0) is 12.3. The number of hydrogen-bond acceptors (Lipinski definition) is 3. The minimum atomic E-state index is -0.365. The molecule has 1 aromatic heterocycles. The van der Waals surface area contributed by atoms with Crippen molar-refractivity contribution in [3.63, 3.8) is 0 Å². The molecule has 2 heterocycles. The summed E-state index contributed by atoms with van der Waals surface area (Å²) in [4.78, 5) is 25.2. The first-order chi connectivity index (χ1) is 8.18. The molecule has 0 saturated carbocycles. The minimum Gasteiger partial charge on any atom is -0.354 e. The average molecular weight is 236 g/mol. The Morgan fingerprint density at radius 1 is 1.59 bits per heavy atom. The second-order valence-electron chi connectivity index (χ2n) is 4.13. The van der Waals surface area contributed by atoms with Gasteiger partial charge in [0.15, 0.2) is 0 Å². The molecule has 2 rings (SSSR count). The molecule has 1 saturated heterocycles. The fourth-order valence-corrected chi connectivity index (χ4v) is 1.88. The van der Waals surface area contributed by atoms with Gasteiger partial charge in [-0.1, -0.05) is 0 Å². The van der Waals surface area contributed by atoms with Crippen molar-refractivity contribution in [3.8, 4) is 0 Å². The monoisotopic (exact) mass is 236 g/mol. The molecule has 1 aliphatic rings. The maximum Gasteiger partial charge on any atom is 0.247 e. The van der Waals surface area contributed by atoms with E-state index < -0.39 is 0 Å². The Morgan fingerprint density at radius 3 is 3.12 bits per heavy atom. The lowest BCUT2D eigenvalue weighted by Gasteiger charge is -2.23. The van der Waals surface area contributed by atoms with Gasteiger partial charge in [-0.25, -0.2) is 0 Å². The van der Waals surface area contributed by atoms with Crippen molar-refractivity contribution in [2.75, 3.05) is 19.6 Å². The fourth-order valence-electron chi connectivity index (χ4n) is 1.88. The Hall–Kier alpha value is -1.85. The van der Waals surface area contributed by atoms with E-state index in [9.17, 15) is 9.59 Å². The standard InChI is InChI=1S/C11H16N4O2/c1-9(15-7-3-5-13-15)11(17)14-6-2-4-12-10(16)8-14/h3,5,7,9H,2,4,6,8H2,1H3,(H,12,16). The molecule has 0 spiro atoms. The topological polar surface area (TPSA) is 67.2 Å². The Kier molecular flexibility index (Phi) is 3.41. The molecule has 0 bridgehead atoms. The van der Waals surface area contributed by atoms with Gasteiger partial charge in [-0.05, 0) is 19.4 Å². The SMILES string of the molecule is CC(C(=O)N1CCCNC(=O)C1)n1cccn1. The quantitative estimate of drug-likeness (QED) is 0.772. The van der Waals surface area contributed by atoms with Gasteiger partial charge in [-0.2, -0.15) is 5.10 Å². The van der Waals surface area contributed by atoms with E-state index in [2.05, 4.69) is 10.4 Å². The van der Waals surface area contributed by atoms with E-state index in [-0.39, 0.29) is 24.4 Å².